The first-order chi connectivity index (χ1) is 8.81. The van der Waals surface area contributed by atoms with Crippen molar-refractivity contribution >= 4 is 5.82 Å². The molecule has 18 heavy (non-hydrogen) atoms. The molecule has 5 heteroatoms. The zero-order chi connectivity index (χ0) is 12.5. The fourth-order valence-corrected chi connectivity index (χ4v) is 2.05. The molecule has 2 aromatic rings. The van der Waals surface area contributed by atoms with Gasteiger partial charge in [0.2, 0.25) is 0 Å². The van der Waals surface area contributed by atoms with Gasteiger partial charge in [-0.2, -0.15) is 5.10 Å². The third-order valence-electron chi connectivity index (χ3n) is 3.22. The summed E-state index contributed by atoms with van der Waals surface area (Å²) >= 11 is 0. The molecule has 3 rings (SSSR count). The van der Waals surface area contributed by atoms with Crippen LogP contribution < -0.4 is 5.32 Å². The highest BCUT2D eigenvalue weighted by atomic mass is 15.3. The van der Waals surface area contributed by atoms with Crippen LogP contribution in [0, 0.1) is 0 Å². The molecule has 0 unspecified atom stereocenters. The zero-order valence-corrected chi connectivity index (χ0v) is 10.7. The molecule has 0 spiro atoms. The molecule has 2 aromatic heterocycles. The molecule has 1 N–H and O–H groups in total. The van der Waals surface area contributed by atoms with Gasteiger partial charge >= 0.3 is 0 Å². The van der Waals surface area contributed by atoms with Gasteiger partial charge in [-0.15, -0.1) is 0 Å². The second-order valence-electron chi connectivity index (χ2n) is 4.55. The van der Waals surface area contributed by atoms with Gasteiger partial charge < -0.3 is 5.32 Å². The van der Waals surface area contributed by atoms with Crippen molar-refractivity contribution in [2.24, 2.45) is 0 Å². The van der Waals surface area contributed by atoms with Gasteiger partial charge in [-0.1, -0.05) is 0 Å². The molecule has 1 aliphatic rings. The highest BCUT2D eigenvalue weighted by molar-refractivity contribution is 5.59. The first-order valence-electron chi connectivity index (χ1n) is 6.40. The maximum Gasteiger partial charge on any atom is 0.134 e. The van der Waals surface area contributed by atoms with Gasteiger partial charge in [-0.3, -0.25) is 4.68 Å². The Kier molecular flexibility index (Phi) is 2.74. The number of aryl methyl sites for hydroxylation is 1. The molecule has 5 nitrogen and oxygen atoms in total. The van der Waals surface area contributed by atoms with Crippen LogP contribution in [-0.2, 0) is 6.54 Å². The fourth-order valence-electron chi connectivity index (χ4n) is 2.05. The Labute approximate surface area is 106 Å². The molecule has 94 valence electrons. The predicted molar refractivity (Wildman–Crippen MR) is 70.4 cm³/mol. The number of rotatable bonds is 4. The summed E-state index contributed by atoms with van der Waals surface area (Å²) in [7, 11) is 1.89. The molecule has 0 atom stereocenters. The van der Waals surface area contributed by atoms with Crippen LogP contribution >= 0.6 is 0 Å². The van der Waals surface area contributed by atoms with Crippen molar-refractivity contribution in [1.29, 1.82) is 0 Å². The van der Waals surface area contributed by atoms with Crippen LogP contribution in [0.5, 0.6) is 0 Å². The SMILES string of the molecule is CCn1nccc1-c1cc(NC)nc(C2CC2)n1. The summed E-state index contributed by atoms with van der Waals surface area (Å²) in [6.45, 7) is 2.93. The second-order valence-corrected chi connectivity index (χ2v) is 4.55. The quantitative estimate of drug-likeness (QED) is 0.895. The van der Waals surface area contributed by atoms with E-state index in [-0.39, 0.29) is 0 Å². The molecular formula is C13H17N5. The van der Waals surface area contributed by atoms with Crippen molar-refractivity contribution in [3.8, 4) is 11.4 Å². The molecule has 0 aromatic carbocycles. The normalized spacial score (nSPS) is 14.8. The van der Waals surface area contributed by atoms with Gasteiger partial charge in [0.15, 0.2) is 0 Å². The summed E-state index contributed by atoms with van der Waals surface area (Å²) in [4.78, 5) is 9.21. The number of anilines is 1. The standard InChI is InChI=1S/C13H17N5/c1-3-18-11(6-7-15-18)10-8-12(14-2)17-13(16-10)9-4-5-9/h6-9H,3-5H2,1-2H3,(H,14,16,17). The number of hydrogen-bond donors (Lipinski definition) is 1. The Hall–Kier alpha value is -1.91. The summed E-state index contributed by atoms with van der Waals surface area (Å²) in [6, 6.07) is 3.98. The Balaban J connectivity index is 2.07. The van der Waals surface area contributed by atoms with Crippen LogP contribution in [0.4, 0.5) is 5.82 Å². The molecule has 0 amide bonds. The number of aromatic nitrogens is 4. The lowest BCUT2D eigenvalue weighted by atomic mass is 10.2. The van der Waals surface area contributed by atoms with E-state index in [1.54, 1.807) is 0 Å². The molecule has 0 aliphatic heterocycles. The van der Waals surface area contributed by atoms with E-state index in [0.717, 1.165) is 29.6 Å². The lowest BCUT2D eigenvalue weighted by molar-refractivity contribution is 0.665. The highest BCUT2D eigenvalue weighted by Crippen LogP contribution is 2.39. The summed E-state index contributed by atoms with van der Waals surface area (Å²) in [5, 5.41) is 7.40. The number of hydrogen-bond acceptors (Lipinski definition) is 4. The molecule has 1 aliphatic carbocycles. The maximum atomic E-state index is 4.68. The highest BCUT2D eigenvalue weighted by Gasteiger charge is 2.27. The Morgan fingerprint density at radius 2 is 2.22 bits per heavy atom. The van der Waals surface area contributed by atoms with Crippen molar-refractivity contribution in [2.45, 2.75) is 32.2 Å². The third-order valence-corrected chi connectivity index (χ3v) is 3.22. The lowest BCUT2D eigenvalue weighted by Gasteiger charge is -2.08. The molecule has 2 heterocycles. The molecule has 1 fully saturated rings. The summed E-state index contributed by atoms with van der Waals surface area (Å²) in [6.07, 6.45) is 4.23. The van der Waals surface area contributed by atoms with Gasteiger partial charge in [0.05, 0.1) is 11.4 Å². The maximum absolute atomic E-state index is 4.68. The average molecular weight is 243 g/mol. The van der Waals surface area contributed by atoms with Crippen molar-refractivity contribution in [1.82, 2.24) is 19.7 Å². The summed E-state index contributed by atoms with van der Waals surface area (Å²) in [5.74, 6) is 2.39. The van der Waals surface area contributed by atoms with E-state index in [4.69, 9.17) is 0 Å². The van der Waals surface area contributed by atoms with Gasteiger partial charge in [-0.25, -0.2) is 9.97 Å². The van der Waals surface area contributed by atoms with E-state index in [1.807, 2.05) is 30.1 Å². The largest absolute Gasteiger partial charge is 0.373 e. The number of nitrogens with one attached hydrogen (secondary N) is 1. The molecule has 0 bridgehead atoms. The molecule has 1 saturated carbocycles. The van der Waals surface area contributed by atoms with Crippen LogP contribution in [0.2, 0.25) is 0 Å². The van der Waals surface area contributed by atoms with Gasteiger partial charge in [-0.05, 0) is 25.8 Å². The van der Waals surface area contributed by atoms with E-state index < -0.39 is 0 Å². The summed E-state index contributed by atoms with van der Waals surface area (Å²) < 4.78 is 1.96. The van der Waals surface area contributed by atoms with Crippen LogP contribution in [0.1, 0.15) is 31.5 Å². The molecular weight excluding hydrogens is 226 g/mol. The smallest absolute Gasteiger partial charge is 0.134 e. The van der Waals surface area contributed by atoms with E-state index in [9.17, 15) is 0 Å². The average Bonchev–Trinajstić information content (AvgIpc) is 3.15. The number of nitrogens with zero attached hydrogens (tertiary/aromatic N) is 4. The molecule has 0 saturated heterocycles. The lowest BCUT2D eigenvalue weighted by Crippen LogP contribution is -2.04. The van der Waals surface area contributed by atoms with E-state index in [1.165, 1.54) is 12.8 Å². The van der Waals surface area contributed by atoms with Crippen LogP contribution in [0.3, 0.4) is 0 Å². The first-order valence-corrected chi connectivity index (χ1v) is 6.40. The monoisotopic (exact) mass is 243 g/mol. The van der Waals surface area contributed by atoms with Crippen molar-refractivity contribution in [3.05, 3.63) is 24.2 Å². The predicted octanol–water partition coefficient (Wildman–Crippen LogP) is 2.28. The minimum absolute atomic E-state index is 0.551. The topological polar surface area (TPSA) is 55.6 Å². The van der Waals surface area contributed by atoms with Crippen LogP contribution in [-0.4, -0.2) is 26.8 Å². The third kappa shape index (κ3) is 1.96. The fraction of sp³-hybridized carbons (Fsp3) is 0.462. The Bertz CT molecular complexity index is 556. The zero-order valence-electron chi connectivity index (χ0n) is 10.7. The second kappa shape index (κ2) is 4.40. The minimum atomic E-state index is 0.551. The van der Waals surface area contributed by atoms with Crippen molar-refractivity contribution in [2.75, 3.05) is 12.4 Å². The first kappa shape index (κ1) is 11.2. The van der Waals surface area contributed by atoms with Crippen LogP contribution in [0.25, 0.3) is 11.4 Å². The van der Waals surface area contributed by atoms with Gasteiger partial charge in [0.1, 0.15) is 11.6 Å². The minimum Gasteiger partial charge on any atom is -0.373 e. The van der Waals surface area contributed by atoms with E-state index >= 15 is 0 Å². The van der Waals surface area contributed by atoms with Gasteiger partial charge in [0, 0.05) is 31.8 Å². The van der Waals surface area contributed by atoms with Crippen LogP contribution in [0.15, 0.2) is 18.3 Å². The van der Waals surface area contributed by atoms with Crippen molar-refractivity contribution in [3.63, 3.8) is 0 Å². The Morgan fingerprint density at radius 1 is 1.39 bits per heavy atom. The Morgan fingerprint density at radius 3 is 2.89 bits per heavy atom. The van der Waals surface area contributed by atoms with E-state index in [0.29, 0.717) is 5.92 Å². The van der Waals surface area contributed by atoms with Crippen molar-refractivity contribution < 1.29 is 0 Å². The van der Waals surface area contributed by atoms with Gasteiger partial charge in [0.25, 0.3) is 0 Å². The summed E-state index contributed by atoms with van der Waals surface area (Å²) in [5.41, 5.74) is 2.01. The molecule has 0 radical (unpaired) electrons. The van der Waals surface area contributed by atoms with E-state index in [2.05, 4.69) is 27.3 Å².